The Morgan fingerprint density at radius 1 is 0.352 bits per heavy atom. The maximum atomic E-state index is 5.28. The van der Waals surface area contributed by atoms with Crippen LogP contribution >= 0.6 is 0 Å². The quantitative estimate of drug-likeness (QED) is 0.145. The van der Waals surface area contributed by atoms with Crippen molar-refractivity contribution in [2.75, 3.05) is 0 Å². The molecule has 334 valence electrons. The van der Waals surface area contributed by atoms with Crippen molar-refractivity contribution in [1.29, 1.82) is 0 Å². The van der Waals surface area contributed by atoms with Gasteiger partial charge in [0.15, 0.2) is 17.5 Å². The fourth-order valence-electron chi connectivity index (χ4n) is 10.4. The van der Waals surface area contributed by atoms with Crippen molar-refractivity contribution < 1.29 is 0 Å². The van der Waals surface area contributed by atoms with Gasteiger partial charge in [0.2, 0.25) is 0 Å². The lowest BCUT2D eigenvalue weighted by Gasteiger charge is -2.18. The Hall–Kier alpha value is -9.25. The lowest BCUT2D eigenvalue weighted by molar-refractivity contribution is 0.854. The van der Waals surface area contributed by atoms with E-state index in [4.69, 9.17) is 15.0 Å². The Morgan fingerprint density at radius 3 is 1.52 bits per heavy atom. The molecule has 0 bridgehead atoms. The lowest BCUT2D eigenvalue weighted by Crippen LogP contribution is -2.05. The molecule has 4 heteroatoms. The van der Waals surface area contributed by atoms with Crippen LogP contribution in [-0.4, -0.2) is 19.5 Å². The molecule has 71 heavy (non-hydrogen) atoms. The van der Waals surface area contributed by atoms with E-state index < -0.39 is 0 Å². The van der Waals surface area contributed by atoms with Gasteiger partial charge in [-0.05, 0) is 110 Å². The van der Waals surface area contributed by atoms with E-state index in [1.807, 2.05) is 0 Å². The van der Waals surface area contributed by atoms with Crippen LogP contribution in [-0.2, 0) is 0 Å². The molecular weight excluding hydrogens is 861 g/mol. The van der Waals surface area contributed by atoms with Gasteiger partial charge in [-0.1, -0.05) is 218 Å². The summed E-state index contributed by atoms with van der Waals surface area (Å²) in [6, 6.07) is 86.7. The van der Waals surface area contributed by atoms with E-state index >= 15 is 0 Å². The minimum atomic E-state index is 0.212. The molecule has 13 rings (SSSR count). The topological polar surface area (TPSA) is 43.6 Å². The van der Waals surface area contributed by atoms with Crippen molar-refractivity contribution in [1.82, 2.24) is 19.5 Å². The van der Waals surface area contributed by atoms with E-state index in [0.29, 0.717) is 17.5 Å². The second-order valence-corrected chi connectivity index (χ2v) is 18.3. The first-order chi connectivity index (χ1) is 35.2. The van der Waals surface area contributed by atoms with Gasteiger partial charge in [0.05, 0.1) is 11.0 Å². The maximum absolute atomic E-state index is 5.28. The molecule has 2 aromatic heterocycles. The average Bonchev–Trinajstić information content (AvgIpc) is 3.80. The zero-order valence-electron chi connectivity index (χ0n) is 38.9. The van der Waals surface area contributed by atoms with Crippen LogP contribution < -0.4 is 0 Å². The van der Waals surface area contributed by atoms with E-state index in [-0.39, 0.29) is 5.92 Å². The first kappa shape index (κ1) is 41.9. The van der Waals surface area contributed by atoms with E-state index in [2.05, 4.69) is 265 Å². The number of nitrogens with zero attached hydrogens (tertiary/aromatic N) is 4. The highest BCUT2D eigenvalue weighted by Gasteiger charge is 2.19. The summed E-state index contributed by atoms with van der Waals surface area (Å²) in [4.78, 5) is 15.8. The van der Waals surface area contributed by atoms with Crippen LogP contribution in [0.2, 0.25) is 0 Å². The van der Waals surface area contributed by atoms with Gasteiger partial charge in [0.25, 0.3) is 0 Å². The Labute approximate surface area is 413 Å². The van der Waals surface area contributed by atoms with Gasteiger partial charge >= 0.3 is 0 Å². The van der Waals surface area contributed by atoms with Crippen molar-refractivity contribution in [2.24, 2.45) is 0 Å². The first-order valence-electron chi connectivity index (χ1n) is 24.4. The third-order valence-electron chi connectivity index (χ3n) is 14.0. The van der Waals surface area contributed by atoms with Crippen LogP contribution in [0.25, 0.3) is 111 Å². The number of aromatic nitrogens is 4. The summed E-state index contributed by atoms with van der Waals surface area (Å²) >= 11 is 0. The molecule has 0 N–H and O–H groups in total. The predicted molar refractivity (Wildman–Crippen MR) is 295 cm³/mol. The van der Waals surface area contributed by atoms with Crippen LogP contribution in [0.5, 0.6) is 0 Å². The smallest absolute Gasteiger partial charge is 0.164 e. The fourth-order valence-corrected chi connectivity index (χ4v) is 10.4. The molecule has 0 fully saturated rings. The first-order valence-corrected chi connectivity index (χ1v) is 24.4. The van der Waals surface area contributed by atoms with Gasteiger partial charge in [-0.15, -0.1) is 0 Å². The molecule has 0 saturated heterocycles. The monoisotopic (exact) mass is 906 g/mol. The number of para-hydroxylation sites is 2. The Kier molecular flexibility index (Phi) is 10.6. The van der Waals surface area contributed by atoms with Crippen molar-refractivity contribution in [3.05, 3.63) is 272 Å². The van der Waals surface area contributed by atoms with Gasteiger partial charge in [0, 0.05) is 39.1 Å². The molecule has 0 radical (unpaired) electrons. The van der Waals surface area contributed by atoms with Crippen LogP contribution in [0.3, 0.4) is 0 Å². The maximum Gasteiger partial charge on any atom is 0.164 e. The fraction of sp³-hybridized carbons (Fsp3) is 0.0299. The zero-order chi connectivity index (χ0) is 47.1. The van der Waals surface area contributed by atoms with E-state index in [0.717, 1.165) is 45.5 Å². The highest BCUT2D eigenvalue weighted by atomic mass is 15.0. The number of allylic oxidation sites excluding steroid dienone is 4. The lowest BCUT2D eigenvalue weighted by atomic mass is 9.88. The number of rotatable bonds is 9. The van der Waals surface area contributed by atoms with E-state index in [1.165, 1.54) is 66.0 Å². The third-order valence-corrected chi connectivity index (χ3v) is 14.0. The molecule has 2 heterocycles. The number of hydrogen-bond acceptors (Lipinski definition) is 3. The summed E-state index contributed by atoms with van der Waals surface area (Å²) in [5.41, 5.74) is 16.9. The zero-order valence-corrected chi connectivity index (χ0v) is 38.9. The number of benzene rings is 10. The minimum Gasteiger partial charge on any atom is -0.309 e. The average molecular weight is 907 g/mol. The summed E-state index contributed by atoms with van der Waals surface area (Å²) in [6.45, 7) is 0. The van der Waals surface area contributed by atoms with Gasteiger partial charge in [0.1, 0.15) is 0 Å². The van der Waals surface area contributed by atoms with Crippen LogP contribution in [0.15, 0.2) is 261 Å². The molecule has 10 aromatic carbocycles. The number of hydrogen-bond donors (Lipinski definition) is 0. The molecule has 0 amide bonds. The predicted octanol–water partition coefficient (Wildman–Crippen LogP) is 17.3. The van der Waals surface area contributed by atoms with Crippen molar-refractivity contribution in [3.63, 3.8) is 0 Å². The van der Waals surface area contributed by atoms with Crippen molar-refractivity contribution in [2.45, 2.75) is 12.3 Å². The molecule has 1 unspecified atom stereocenters. The van der Waals surface area contributed by atoms with Crippen LogP contribution in [0, 0.1) is 0 Å². The molecule has 4 nitrogen and oxygen atoms in total. The van der Waals surface area contributed by atoms with Crippen LogP contribution in [0.4, 0.5) is 0 Å². The van der Waals surface area contributed by atoms with E-state index in [9.17, 15) is 0 Å². The molecule has 12 aromatic rings. The van der Waals surface area contributed by atoms with Gasteiger partial charge in [-0.25, -0.2) is 15.0 Å². The molecule has 0 saturated carbocycles. The Morgan fingerprint density at radius 2 is 0.831 bits per heavy atom. The second-order valence-electron chi connectivity index (χ2n) is 18.3. The molecule has 0 aliphatic heterocycles. The number of fused-ring (bicyclic) bond motifs is 4. The van der Waals surface area contributed by atoms with Gasteiger partial charge in [-0.2, -0.15) is 0 Å². The second kappa shape index (κ2) is 18.0. The molecule has 1 aliphatic carbocycles. The van der Waals surface area contributed by atoms with Crippen molar-refractivity contribution >= 4 is 38.2 Å². The summed E-state index contributed by atoms with van der Waals surface area (Å²) < 4.78 is 2.37. The molecule has 1 atom stereocenters. The summed E-state index contributed by atoms with van der Waals surface area (Å²) in [5, 5.41) is 4.90. The standard InChI is InChI=1S/C67H46N4/c1-2-16-45(17-3-1)49-20-10-22-51(40-49)52-23-11-21-50(41-52)46-36-38-48(39-37-46)65-68-66(70-67(69-65)57-28-13-26-55(43-57)60-33-15-19-47-18-4-5-30-59(47)60)56-27-12-24-53(42-56)54-25-14-29-58(44-54)71-63-34-8-6-31-61(63)62-32-7-9-35-64(62)71/h1-36,38-44,46H,37H2. The van der Waals surface area contributed by atoms with E-state index in [1.54, 1.807) is 0 Å². The summed E-state index contributed by atoms with van der Waals surface area (Å²) in [5.74, 6) is 2.13. The van der Waals surface area contributed by atoms with Crippen LogP contribution in [0.1, 0.15) is 23.7 Å². The Balaban J connectivity index is 0.868. The highest BCUT2D eigenvalue weighted by molar-refractivity contribution is 6.09. The third kappa shape index (κ3) is 8.01. The Bertz CT molecular complexity index is 3990. The van der Waals surface area contributed by atoms with Gasteiger partial charge < -0.3 is 4.57 Å². The molecule has 0 spiro atoms. The highest BCUT2D eigenvalue weighted by Crippen LogP contribution is 2.38. The summed E-state index contributed by atoms with van der Waals surface area (Å²) in [7, 11) is 0. The molecule has 1 aliphatic rings. The minimum absolute atomic E-state index is 0.212. The largest absolute Gasteiger partial charge is 0.309 e. The van der Waals surface area contributed by atoms with Crippen molar-refractivity contribution in [3.8, 4) is 73.0 Å². The summed E-state index contributed by atoms with van der Waals surface area (Å²) in [6.07, 6.45) is 7.62. The SMILES string of the molecule is C1=CC(c2cccc(-c3cccc(-c4ccccc4)c3)c2)CC=C1c1nc(-c2cccc(-c3cccc(-n4c5ccccc5c5ccccc54)c3)c2)nc(-c2cccc(-c3cccc4ccccc34)c2)n1. The normalized spacial score (nSPS) is 13.5. The van der Waals surface area contributed by atoms with Gasteiger partial charge in [-0.3, -0.25) is 0 Å². The molecular formula is C67H46N4.